The lowest BCUT2D eigenvalue weighted by Crippen LogP contribution is -2.43. The van der Waals surface area contributed by atoms with Crippen LogP contribution in [0.3, 0.4) is 0 Å². The summed E-state index contributed by atoms with van der Waals surface area (Å²) in [6, 6.07) is 4.72. The summed E-state index contributed by atoms with van der Waals surface area (Å²) < 4.78 is 13.7. The van der Waals surface area contributed by atoms with Gasteiger partial charge in [-0.1, -0.05) is 13.0 Å². The van der Waals surface area contributed by atoms with Crippen molar-refractivity contribution in [2.24, 2.45) is 0 Å². The van der Waals surface area contributed by atoms with Crippen LogP contribution in [0.4, 0.5) is 10.1 Å². The maximum atomic E-state index is 13.7. The Morgan fingerprint density at radius 2 is 2.14 bits per heavy atom. The second kappa shape index (κ2) is 7.47. The molecule has 1 aromatic carbocycles. The standard InChI is InChI=1S/C15H22FN3O2/c1-2-9-18(13-5-7-17-8-6-13)11-12-3-4-15(19(20)21)14(16)10-12/h3-4,10,13,17H,2,5-9,11H2,1H3. The highest BCUT2D eigenvalue weighted by Gasteiger charge is 2.21. The topological polar surface area (TPSA) is 58.4 Å². The first kappa shape index (κ1) is 15.9. The van der Waals surface area contributed by atoms with Gasteiger partial charge in [0.25, 0.3) is 0 Å². The van der Waals surface area contributed by atoms with E-state index in [2.05, 4.69) is 17.1 Å². The summed E-state index contributed by atoms with van der Waals surface area (Å²) in [7, 11) is 0. The molecule has 0 bridgehead atoms. The fraction of sp³-hybridized carbons (Fsp3) is 0.600. The molecule has 0 radical (unpaired) electrons. The SMILES string of the molecule is CCCN(Cc1ccc([N+](=O)[O-])c(F)c1)C1CCNCC1. The van der Waals surface area contributed by atoms with Gasteiger partial charge in [0.15, 0.2) is 0 Å². The molecule has 0 saturated carbocycles. The van der Waals surface area contributed by atoms with E-state index in [4.69, 9.17) is 0 Å². The molecule has 1 heterocycles. The van der Waals surface area contributed by atoms with Gasteiger partial charge in [-0.25, -0.2) is 0 Å². The third kappa shape index (κ3) is 4.22. The number of nitrogens with one attached hydrogen (secondary N) is 1. The van der Waals surface area contributed by atoms with Crippen LogP contribution in [0.5, 0.6) is 0 Å². The van der Waals surface area contributed by atoms with Gasteiger partial charge in [-0.2, -0.15) is 4.39 Å². The van der Waals surface area contributed by atoms with Crippen molar-refractivity contribution in [1.29, 1.82) is 0 Å². The third-order valence-electron chi connectivity index (χ3n) is 3.93. The summed E-state index contributed by atoms with van der Waals surface area (Å²) >= 11 is 0. The van der Waals surface area contributed by atoms with Crippen LogP contribution in [0.2, 0.25) is 0 Å². The van der Waals surface area contributed by atoms with E-state index in [1.54, 1.807) is 6.07 Å². The van der Waals surface area contributed by atoms with Crippen molar-refractivity contribution in [3.63, 3.8) is 0 Å². The van der Waals surface area contributed by atoms with Crippen LogP contribution < -0.4 is 5.32 Å². The van der Waals surface area contributed by atoms with E-state index in [1.165, 1.54) is 12.1 Å². The van der Waals surface area contributed by atoms with E-state index in [0.717, 1.165) is 44.5 Å². The van der Waals surface area contributed by atoms with Gasteiger partial charge in [0.1, 0.15) is 0 Å². The molecule has 1 aliphatic rings. The van der Waals surface area contributed by atoms with Crippen molar-refractivity contribution in [2.75, 3.05) is 19.6 Å². The molecular weight excluding hydrogens is 273 g/mol. The molecule has 0 unspecified atom stereocenters. The van der Waals surface area contributed by atoms with E-state index in [1.807, 2.05) is 0 Å². The summed E-state index contributed by atoms with van der Waals surface area (Å²) in [5, 5.41) is 14.0. The van der Waals surface area contributed by atoms with Gasteiger partial charge in [-0.15, -0.1) is 0 Å². The molecule has 0 amide bonds. The molecule has 6 heteroatoms. The van der Waals surface area contributed by atoms with Crippen molar-refractivity contribution in [2.45, 2.75) is 38.8 Å². The zero-order chi connectivity index (χ0) is 15.2. The van der Waals surface area contributed by atoms with Crippen molar-refractivity contribution in [3.05, 3.63) is 39.7 Å². The third-order valence-corrected chi connectivity index (χ3v) is 3.93. The zero-order valence-corrected chi connectivity index (χ0v) is 12.3. The Morgan fingerprint density at radius 3 is 2.71 bits per heavy atom. The lowest BCUT2D eigenvalue weighted by Gasteiger charge is -2.34. The number of nitro benzene ring substituents is 1. The maximum Gasteiger partial charge on any atom is 0.304 e. The van der Waals surface area contributed by atoms with Crippen LogP contribution in [0.15, 0.2) is 18.2 Å². The van der Waals surface area contributed by atoms with E-state index in [9.17, 15) is 14.5 Å². The molecule has 1 aliphatic heterocycles. The monoisotopic (exact) mass is 295 g/mol. The Bertz CT molecular complexity index is 490. The van der Waals surface area contributed by atoms with E-state index in [0.29, 0.717) is 12.6 Å². The van der Waals surface area contributed by atoms with Crippen molar-refractivity contribution in [1.82, 2.24) is 10.2 Å². The summed E-state index contributed by atoms with van der Waals surface area (Å²) in [6.07, 6.45) is 3.23. The summed E-state index contributed by atoms with van der Waals surface area (Å²) in [4.78, 5) is 12.3. The normalized spacial score (nSPS) is 16.3. The lowest BCUT2D eigenvalue weighted by molar-refractivity contribution is -0.387. The predicted molar refractivity (Wildman–Crippen MR) is 79.6 cm³/mol. The van der Waals surface area contributed by atoms with Crippen molar-refractivity contribution < 1.29 is 9.31 Å². The number of hydrogen-bond donors (Lipinski definition) is 1. The molecule has 0 atom stereocenters. The molecule has 0 spiro atoms. The largest absolute Gasteiger partial charge is 0.317 e. The van der Waals surface area contributed by atoms with Crippen LogP contribution in [0.25, 0.3) is 0 Å². The smallest absolute Gasteiger partial charge is 0.304 e. The lowest BCUT2D eigenvalue weighted by atomic mass is 10.0. The molecular formula is C15H22FN3O2. The number of piperidine rings is 1. The maximum absolute atomic E-state index is 13.7. The minimum Gasteiger partial charge on any atom is -0.317 e. The summed E-state index contributed by atoms with van der Waals surface area (Å²) in [6.45, 7) is 5.76. The average molecular weight is 295 g/mol. The Labute approximate surface area is 124 Å². The molecule has 21 heavy (non-hydrogen) atoms. The summed E-state index contributed by atoms with van der Waals surface area (Å²) in [5.41, 5.74) is 0.341. The second-order valence-corrected chi connectivity index (χ2v) is 5.49. The van der Waals surface area contributed by atoms with Gasteiger partial charge < -0.3 is 5.32 Å². The first-order valence-electron chi connectivity index (χ1n) is 7.49. The Kier molecular flexibility index (Phi) is 5.64. The molecule has 116 valence electrons. The zero-order valence-electron chi connectivity index (χ0n) is 12.3. The highest BCUT2D eigenvalue weighted by Crippen LogP contribution is 2.21. The van der Waals surface area contributed by atoms with Crippen LogP contribution in [0, 0.1) is 15.9 Å². The molecule has 1 fully saturated rings. The van der Waals surface area contributed by atoms with E-state index < -0.39 is 16.4 Å². The Morgan fingerprint density at radius 1 is 1.43 bits per heavy atom. The number of nitrogens with zero attached hydrogens (tertiary/aromatic N) is 2. The number of rotatable bonds is 6. The predicted octanol–water partition coefficient (Wildman–Crippen LogP) is 2.70. The molecule has 1 N–H and O–H groups in total. The van der Waals surface area contributed by atoms with E-state index in [-0.39, 0.29) is 0 Å². The number of nitro groups is 1. The van der Waals surface area contributed by atoms with Gasteiger partial charge in [-0.3, -0.25) is 15.0 Å². The van der Waals surface area contributed by atoms with E-state index >= 15 is 0 Å². The Hall–Kier alpha value is -1.53. The first-order valence-corrected chi connectivity index (χ1v) is 7.49. The Balaban J connectivity index is 2.09. The van der Waals surface area contributed by atoms with Gasteiger partial charge >= 0.3 is 5.69 Å². The van der Waals surface area contributed by atoms with Crippen molar-refractivity contribution >= 4 is 5.69 Å². The fourth-order valence-electron chi connectivity index (χ4n) is 2.88. The minimum atomic E-state index is -0.751. The minimum absolute atomic E-state index is 0.456. The van der Waals surface area contributed by atoms with Gasteiger partial charge in [-0.05, 0) is 50.5 Å². The van der Waals surface area contributed by atoms with Crippen molar-refractivity contribution in [3.8, 4) is 0 Å². The van der Waals surface area contributed by atoms with Gasteiger partial charge in [0.2, 0.25) is 5.82 Å². The highest BCUT2D eigenvalue weighted by molar-refractivity contribution is 5.35. The average Bonchev–Trinajstić information content (AvgIpc) is 2.47. The highest BCUT2D eigenvalue weighted by atomic mass is 19.1. The van der Waals surface area contributed by atoms with Gasteiger partial charge in [0, 0.05) is 18.7 Å². The molecule has 5 nitrogen and oxygen atoms in total. The van der Waals surface area contributed by atoms with Crippen LogP contribution in [0.1, 0.15) is 31.7 Å². The number of hydrogen-bond acceptors (Lipinski definition) is 4. The molecule has 1 aromatic rings. The fourth-order valence-corrected chi connectivity index (χ4v) is 2.88. The number of benzene rings is 1. The molecule has 0 aromatic heterocycles. The van der Waals surface area contributed by atoms with Crippen LogP contribution in [-0.4, -0.2) is 35.5 Å². The number of halogens is 1. The molecule has 0 aliphatic carbocycles. The quantitative estimate of drug-likeness (QED) is 0.647. The summed E-state index contributed by atoms with van der Waals surface area (Å²) in [5.74, 6) is -0.751. The first-order chi connectivity index (χ1) is 10.1. The molecule has 2 rings (SSSR count). The molecule has 1 saturated heterocycles. The second-order valence-electron chi connectivity index (χ2n) is 5.49. The van der Waals surface area contributed by atoms with Crippen LogP contribution >= 0.6 is 0 Å². The van der Waals surface area contributed by atoms with Crippen LogP contribution in [-0.2, 0) is 6.54 Å². The van der Waals surface area contributed by atoms with Gasteiger partial charge in [0.05, 0.1) is 4.92 Å².